The highest BCUT2D eigenvalue weighted by Gasteiger charge is 1.98. The second-order valence-corrected chi connectivity index (χ2v) is 3.85. The summed E-state index contributed by atoms with van der Waals surface area (Å²) in [6.45, 7) is 0.628. The van der Waals surface area contributed by atoms with Crippen LogP contribution in [0.3, 0.4) is 0 Å². The molecule has 0 aliphatic rings. The molecule has 1 aromatic carbocycles. The number of guanidine groups is 1. The van der Waals surface area contributed by atoms with E-state index in [0.717, 1.165) is 19.3 Å². The average molecular weight is 296 g/mol. The zero-order valence-corrected chi connectivity index (χ0v) is 13.0. The summed E-state index contributed by atoms with van der Waals surface area (Å²) in [6, 6.07) is 12.0. The molecule has 6 heteroatoms. The van der Waals surface area contributed by atoms with Crippen molar-refractivity contribution in [3.63, 3.8) is 0 Å². The molecule has 0 aliphatic heterocycles. The highest BCUT2D eigenvalue weighted by molar-refractivity contribution is 5.75. The van der Waals surface area contributed by atoms with Crippen LogP contribution in [0.15, 0.2) is 41.4 Å². The van der Waals surface area contributed by atoms with Crippen LogP contribution in [0.4, 0.5) is 0 Å². The molecule has 1 aromatic rings. The van der Waals surface area contributed by atoms with E-state index in [9.17, 15) is 4.79 Å². The maximum absolute atomic E-state index is 10.7. The van der Waals surface area contributed by atoms with Crippen LogP contribution in [0.1, 0.15) is 25.7 Å². The summed E-state index contributed by atoms with van der Waals surface area (Å²) in [5, 5.41) is 0. The monoisotopic (exact) mass is 296 g/mol. The number of rotatable bonds is 6. The lowest BCUT2D eigenvalue weighted by atomic mass is 10.2. The van der Waals surface area contributed by atoms with Gasteiger partial charge in [0.25, 0.3) is 0 Å². The molecule has 0 heterocycles. The first-order valence-corrected chi connectivity index (χ1v) is 6.86. The number of hydrogen-bond donors (Lipinski definition) is 3. The van der Waals surface area contributed by atoms with Crippen molar-refractivity contribution < 1.29 is 9.53 Å². The Kier molecular flexibility index (Phi) is 18.1. The van der Waals surface area contributed by atoms with E-state index in [2.05, 4.69) is 15.5 Å². The minimum Gasteiger partial charge on any atom is -0.469 e. The van der Waals surface area contributed by atoms with E-state index in [1.165, 1.54) is 14.2 Å². The molecule has 120 valence electrons. The summed E-state index contributed by atoms with van der Waals surface area (Å²) in [5.41, 5.74) is 14.8. The lowest BCUT2D eigenvalue weighted by Gasteiger charge is -1.98. The largest absolute Gasteiger partial charge is 0.469 e. The molecule has 0 aromatic heterocycles. The zero-order chi connectivity index (χ0) is 16.3. The summed E-state index contributed by atoms with van der Waals surface area (Å²) in [7, 11) is 2.89. The molecule has 0 aliphatic carbocycles. The molecule has 21 heavy (non-hydrogen) atoms. The van der Waals surface area contributed by atoms with Crippen molar-refractivity contribution in [1.82, 2.24) is 0 Å². The number of unbranched alkanes of at least 4 members (excludes halogenated alkanes) is 2. The SMILES string of the molecule is CN.COC(=O)CCCCCN=C(N)N.c1ccccc1. The predicted octanol–water partition coefficient (Wildman–Crippen LogP) is 1.25. The molecule has 0 amide bonds. The van der Waals surface area contributed by atoms with Crippen molar-refractivity contribution in [3.05, 3.63) is 36.4 Å². The molecule has 0 saturated heterocycles. The molecule has 6 N–H and O–H groups in total. The molecule has 0 radical (unpaired) electrons. The van der Waals surface area contributed by atoms with Gasteiger partial charge in [0.2, 0.25) is 0 Å². The number of methoxy groups -OCH3 is 1. The Bertz CT molecular complexity index is 325. The van der Waals surface area contributed by atoms with Crippen molar-refractivity contribution in [3.8, 4) is 0 Å². The maximum atomic E-state index is 10.7. The zero-order valence-electron chi connectivity index (χ0n) is 13.0. The lowest BCUT2D eigenvalue weighted by molar-refractivity contribution is -0.140. The highest BCUT2D eigenvalue weighted by atomic mass is 16.5. The van der Waals surface area contributed by atoms with Gasteiger partial charge in [0.05, 0.1) is 7.11 Å². The quantitative estimate of drug-likeness (QED) is 0.316. The number of benzene rings is 1. The van der Waals surface area contributed by atoms with Gasteiger partial charge in [-0.1, -0.05) is 42.8 Å². The van der Waals surface area contributed by atoms with E-state index in [1.807, 2.05) is 36.4 Å². The van der Waals surface area contributed by atoms with Crippen LogP contribution in [0.25, 0.3) is 0 Å². The standard InChI is InChI=1S/C8H17N3O2.C6H6.CH5N/c1-13-7(12)5-3-2-4-6-11-8(9)10;1-2-4-6-5-3-1;1-2/h2-6H2,1H3,(H4,9,10,11);1-6H;2H2,1H3. The van der Waals surface area contributed by atoms with E-state index < -0.39 is 0 Å². The van der Waals surface area contributed by atoms with Crippen molar-refractivity contribution >= 4 is 11.9 Å². The fourth-order valence-corrected chi connectivity index (χ4v) is 1.25. The molecule has 0 fully saturated rings. The van der Waals surface area contributed by atoms with Gasteiger partial charge < -0.3 is 21.9 Å². The van der Waals surface area contributed by atoms with Crippen LogP contribution in [0.2, 0.25) is 0 Å². The van der Waals surface area contributed by atoms with Gasteiger partial charge in [0.1, 0.15) is 0 Å². The maximum Gasteiger partial charge on any atom is 0.305 e. The summed E-state index contributed by atoms with van der Waals surface area (Å²) < 4.78 is 4.49. The predicted molar refractivity (Wildman–Crippen MR) is 87.7 cm³/mol. The Morgan fingerprint density at radius 1 is 0.952 bits per heavy atom. The van der Waals surface area contributed by atoms with Crippen LogP contribution in [-0.4, -0.2) is 32.6 Å². The Morgan fingerprint density at radius 2 is 1.43 bits per heavy atom. The molecule has 1 rings (SSSR count). The Labute approximate surface area is 127 Å². The molecule has 0 saturated carbocycles. The van der Waals surface area contributed by atoms with Crippen LogP contribution in [0, 0.1) is 0 Å². The number of ether oxygens (including phenoxy) is 1. The first kappa shape index (κ1) is 21.2. The van der Waals surface area contributed by atoms with E-state index >= 15 is 0 Å². The first-order valence-electron chi connectivity index (χ1n) is 6.86. The Morgan fingerprint density at radius 3 is 1.81 bits per heavy atom. The third-order valence-electron chi connectivity index (χ3n) is 2.23. The number of esters is 1. The summed E-state index contributed by atoms with van der Waals surface area (Å²) in [6.07, 6.45) is 3.13. The van der Waals surface area contributed by atoms with Crippen LogP contribution >= 0.6 is 0 Å². The van der Waals surface area contributed by atoms with Gasteiger partial charge in [-0.3, -0.25) is 9.79 Å². The van der Waals surface area contributed by atoms with Crippen molar-refractivity contribution in [2.45, 2.75) is 25.7 Å². The third kappa shape index (κ3) is 20.4. The number of hydrogen-bond acceptors (Lipinski definition) is 4. The number of nitrogens with two attached hydrogens (primary N) is 3. The number of carbonyl (C=O) groups excluding carboxylic acids is 1. The topological polar surface area (TPSA) is 117 Å². The smallest absolute Gasteiger partial charge is 0.305 e. The first-order chi connectivity index (χ1) is 10.2. The van der Waals surface area contributed by atoms with Crippen LogP contribution < -0.4 is 17.2 Å². The molecule has 0 atom stereocenters. The lowest BCUT2D eigenvalue weighted by Crippen LogP contribution is -2.22. The summed E-state index contributed by atoms with van der Waals surface area (Å²) in [4.78, 5) is 14.5. The number of nitrogens with zero attached hydrogens (tertiary/aromatic N) is 1. The van der Waals surface area contributed by atoms with Gasteiger partial charge in [-0.25, -0.2) is 0 Å². The molecular formula is C15H28N4O2. The average Bonchev–Trinajstić information content (AvgIpc) is 2.54. The third-order valence-corrected chi connectivity index (χ3v) is 2.23. The molecule has 0 spiro atoms. The van der Waals surface area contributed by atoms with Gasteiger partial charge in [0.15, 0.2) is 5.96 Å². The van der Waals surface area contributed by atoms with Gasteiger partial charge in [-0.2, -0.15) is 0 Å². The van der Waals surface area contributed by atoms with Gasteiger partial charge in [0, 0.05) is 13.0 Å². The second-order valence-electron chi connectivity index (χ2n) is 3.85. The molecule has 0 unspecified atom stereocenters. The Balaban J connectivity index is 0. The van der Waals surface area contributed by atoms with Crippen LogP contribution in [0.5, 0.6) is 0 Å². The minimum atomic E-state index is -0.165. The second kappa shape index (κ2) is 17.9. The van der Waals surface area contributed by atoms with Gasteiger partial charge in [-0.05, 0) is 19.9 Å². The summed E-state index contributed by atoms with van der Waals surface area (Å²) >= 11 is 0. The van der Waals surface area contributed by atoms with E-state index in [4.69, 9.17) is 11.5 Å². The van der Waals surface area contributed by atoms with Crippen molar-refractivity contribution in [1.29, 1.82) is 0 Å². The highest BCUT2D eigenvalue weighted by Crippen LogP contribution is 2.00. The molecular weight excluding hydrogens is 268 g/mol. The van der Waals surface area contributed by atoms with E-state index in [0.29, 0.717) is 13.0 Å². The fourth-order valence-electron chi connectivity index (χ4n) is 1.25. The van der Waals surface area contributed by atoms with Crippen LogP contribution in [-0.2, 0) is 9.53 Å². The van der Waals surface area contributed by atoms with Gasteiger partial charge >= 0.3 is 5.97 Å². The number of aliphatic imine (C=N–C) groups is 1. The van der Waals surface area contributed by atoms with Crippen molar-refractivity contribution in [2.75, 3.05) is 20.7 Å². The molecule has 0 bridgehead atoms. The number of carbonyl (C=O) groups is 1. The van der Waals surface area contributed by atoms with Crippen molar-refractivity contribution in [2.24, 2.45) is 22.2 Å². The normalized spacial score (nSPS) is 8.33. The van der Waals surface area contributed by atoms with E-state index in [1.54, 1.807) is 0 Å². The summed E-state index contributed by atoms with van der Waals surface area (Å²) in [5.74, 6) is -0.0465. The Hall–Kier alpha value is -2.08. The molecule has 6 nitrogen and oxygen atoms in total. The van der Waals surface area contributed by atoms with Gasteiger partial charge in [-0.15, -0.1) is 0 Å². The minimum absolute atomic E-state index is 0.118. The van der Waals surface area contributed by atoms with E-state index in [-0.39, 0.29) is 11.9 Å². The fraction of sp³-hybridized carbons (Fsp3) is 0.467.